The average molecular weight is 304 g/mol. The molecule has 0 spiro atoms. The molecule has 0 atom stereocenters. The van der Waals surface area contributed by atoms with Crippen molar-refractivity contribution in [2.45, 2.75) is 26.2 Å². The lowest BCUT2D eigenvalue weighted by Crippen LogP contribution is -2.29. The smallest absolute Gasteiger partial charge is 0.330 e. The Bertz CT molecular complexity index is 578. The second kappa shape index (κ2) is 7.59. The summed E-state index contributed by atoms with van der Waals surface area (Å²) in [6.07, 6.45) is 6.33. The van der Waals surface area contributed by atoms with Gasteiger partial charge >= 0.3 is 5.97 Å². The Hall–Kier alpha value is -2.37. The van der Waals surface area contributed by atoms with E-state index in [1.54, 1.807) is 19.1 Å². The highest BCUT2D eigenvalue weighted by Gasteiger charge is 2.16. The standard InChI is InChI=1S/C16H20N2O4/c1-2-22-16(19)9-6-13-12-14(18(20)21)7-8-15(13)17-10-4-3-5-11-17/h6-9,12H,2-5,10-11H2,1H3/b9-6+. The maximum atomic E-state index is 11.5. The van der Waals surface area contributed by atoms with Crippen LogP contribution in [0.15, 0.2) is 24.3 Å². The molecule has 1 aromatic carbocycles. The molecule has 0 unspecified atom stereocenters. The second-order valence-corrected chi connectivity index (χ2v) is 5.13. The number of anilines is 1. The van der Waals surface area contributed by atoms with Gasteiger partial charge in [-0.1, -0.05) is 0 Å². The van der Waals surface area contributed by atoms with Crippen LogP contribution in [0, 0.1) is 10.1 Å². The number of hydrogen-bond donors (Lipinski definition) is 0. The molecule has 0 aromatic heterocycles. The number of nitro benzene ring substituents is 1. The lowest BCUT2D eigenvalue weighted by Gasteiger charge is -2.30. The van der Waals surface area contributed by atoms with Crippen LogP contribution in [0.1, 0.15) is 31.7 Å². The van der Waals surface area contributed by atoms with Crippen molar-refractivity contribution in [2.75, 3.05) is 24.6 Å². The van der Waals surface area contributed by atoms with E-state index in [-0.39, 0.29) is 5.69 Å². The van der Waals surface area contributed by atoms with Crippen LogP contribution >= 0.6 is 0 Å². The van der Waals surface area contributed by atoms with Gasteiger partial charge in [-0.15, -0.1) is 0 Å². The van der Waals surface area contributed by atoms with Crippen molar-refractivity contribution in [3.63, 3.8) is 0 Å². The van der Waals surface area contributed by atoms with E-state index in [1.165, 1.54) is 24.6 Å². The molecule has 0 saturated carbocycles. The van der Waals surface area contributed by atoms with E-state index in [4.69, 9.17) is 4.74 Å². The van der Waals surface area contributed by atoms with Gasteiger partial charge < -0.3 is 9.64 Å². The number of ether oxygens (including phenoxy) is 1. The van der Waals surface area contributed by atoms with Crippen LogP contribution in [-0.4, -0.2) is 30.6 Å². The fraction of sp³-hybridized carbons (Fsp3) is 0.438. The summed E-state index contributed by atoms with van der Waals surface area (Å²) in [5, 5.41) is 11.0. The predicted molar refractivity (Wildman–Crippen MR) is 84.8 cm³/mol. The van der Waals surface area contributed by atoms with Gasteiger partial charge in [-0.25, -0.2) is 4.79 Å². The highest BCUT2D eigenvalue weighted by molar-refractivity contribution is 5.88. The van der Waals surface area contributed by atoms with E-state index >= 15 is 0 Å². The first-order valence-electron chi connectivity index (χ1n) is 7.50. The lowest BCUT2D eigenvalue weighted by molar-refractivity contribution is -0.384. The second-order valence-electron chi connectivity index (χ2n) is 5.13. The van der Waals surface area contributed by atoms with Gasteiger partial charge in [0, 0.05) is 42.5 Å². The largest absolute Gasteiger partial charge is 0.463 e. The van der Waals surface area contributed by atoms with Crippen LogP contribution in [0.25, 0.3) is 6.08 Å². The van der Waals surface area contributed by atoms with Crippen LogP contribution in [0.2, 0.25) is 0 Å². The minimum atomic E-state index is -0.446. The van der Waals surface area contributed by atoms with E-state index in [2.05, 4.69) is 4.90 Å². The van der Waals surface area contributed by atoms with Gasteiger partial charge in [0.2, 0.25) is 0 Å². The van der Waals surface area contributed by atoms with Crippen LogP contribution in [0.4, 0.5) is 11.4 Å². The zero-order valence-corrected chi connectivity index (χ0v) is 12.7. The summed E-state index contributed by atoms with van der Waals surface area (Å²) in [7, 11) is 0. The molecule has 1 heterocycles. The molecule has 1 aliphatic heterocycles. The van der Waals surface area contributed by atoms with E-state index in [9.17, 15) is 14.9 Å². The summed E-state index contributed by atoms with van der Waals surface area (Å²) < 4.78 is 4.85. The van der Waals surface area contributed by atoms with Crippen molar-refractivity contribution >= 4 is 23.4 Å². The SMILES string of the molecule is CCOC(=O)/C=C/c1cc([N+](=O)[O-])ccc1N1CCCCC1. The van der Waals surface area contributed by atoms with Crippen molar-refractivity contribution in [1.82, 2.24) is 0 Å². The molecule has 1 fully saturated rings. The normalized spacial score (nSPS) is 15.0. The molecule has 22 heavy (non-hydrogen) atoms. The number of hydrogen-bond acceptors (Lipinski definition) is 5. The molecule has 6 heteroatoms. The highest BCUT2D eigenvalue weighted by atomic mass is 16.6. The number of rotatable bonds is 5. The quantitative estimate of drug-likeness (QED) is 0.361. The lowest BCUT2D eigenvalue weighted by atomic mass is 10.1. The molecule has 0 radical (unpaired) electrons. The molecule has 0 N–H and O–H groups in total. The van der Waals surface area contributed by atoms with E-state index in [1.807, 2.05) is 0 Å². The third-order valence-corrected chi connectivity index (χ3v) is 3.60. The van der Waals surface area contributed by atoms with Crippen molar-refractivity contribution in [3.8, 4) is 0 Å². The van der Waals surface area contributed by atoms with Crippen molar-refractivity contribution in [1.29, 1.82) is 0 Å². The maximum absolute atomic E-state index is 11.5. The van der Waals surface area contributed by atoms with Crippen molar-refractivity contribution < 1.29 is 14.5 Å². The van der Waals surface area contributed by atoms with Gasteiger partial charge in [0.1, 0.15) is 0 Å². The van der Waals surface area contributed by atoms with Crippen LogP contribution in [0.3, 0.4) is 0 Å². The van der Waals surface area contributed by atoms with Gasteiger partial charge in [-0.2, -0.15) is 0 Å². The van der Waals surface area contributed by atoms with Crippen LogP contribution in [-0.2, 0) is 9.53 Å². The van der Waals surface area contributed by atoms with Crippen LogP contribution < -0.4 is 4.90 Å². The fourth-order valence-corrected chi connectivity index (χ4v) is 2.56. The van der Waals surface area contributed by atoms with Crippen molar-refractivity contribution in [2.24, 2.45) is 0 Å². The van der Waals surface area contributed by atoms with E-state index in [0.29, 0.717) is 12.2 Å². The Morgan fingerprint density at radius 1 is 1.36 bits per heavy atom. The maximum Gasteiger partial charge on any atom is 0.330 e. The summed E-state index contributed by atoms with van der Waals surface area (Å²) >= 11 is 0. The number of nitro groups is 1. The number of non-ortho nitro benzene ring substituents is 1. The van der Waals surface area contributed by atoms with Gasteiger partial charge in [-0.05, 0) is 38.3 Å². The van der Waals surface area contributed by atoms with Crippen LogP contribution in [0.5, 0.6) is 0 Å². The van der Waals surface area contributed by atoms with Crippen molar-refractivity contribution in [3.05, 3.63) is 40.0 Å². The summed E-state index contributed by atoms with van der Waals surface area (Å²) in [6.45, 7) is 3.89. The zero-order chi connectivity index (χ0) is 15.9. The zero-order valence-electron chi connectivity index (χ0n) is 12.7. The van der Waals surface area contributed by atoms with Gasteiger partial charge in [-0.3, -0.25) is 10.1 Å². The topological polar surface area (TPSA) is 72.7 Å². The molecule has 0 aliphatic carbocycles. The average Bonchev–Trinajstić information content (AvgIpc) is 2.53. The number of esters is 1. The Morgan fingerprint density at radius 3 is 2.73 bits per heavy atom. The van der Waals surface area contributed by atoms with Gasteiger partial charge in [0.15, 0.2) is 0 Å². The number of nitrogens with zero attached hydrogens (tertiary/aromatic N) is 2. The van der Waals surface area contributed by atoms with E-state index in [0.717, 1.165) is 31.6 Å². The fourth-order valence-electron chi connectivity index (χ4n) is 2.56. The molecule has 1 aliphatic rings. The molecule has 0 amide bonds. The number of carbonyl (C=O) groups excluding carboxylic acids is 1. The minimum Gasteiger partial charge on any atom is -0.463 e. The first-order chi connectivity index (χ1) is 10.6. The molecular weight excluding hydrogens is 284 g/mol. The molecule has 2 rings (SSSR count). The van der Waals surface area contributed by atoms with E-state index < -0.39 is 10.9 Å². The first kappa shape index (κ1) is 16.0. The molecule has 118 valence electrons. The summed E-state index contributed by atoms with van der Waals surface area (Å²) in [5.41, 5.74) is 1.61. The monoisotopic (exact) mass is 304 g/mol. The predicted octanol–water partition coefficient (Wildman–Crippen LogP) is 3.16. The third-order valence-electron chi connectivity index (χ3n) is 3.60. The molecular formula is C16H20N2O4. The Morgan fingerprint density at radius 2 is 2.09 bits per heavy atom. The minimum absolute atomic E-state index is 0.0178. The molecule has 1 aromatic rings. The third kappa shape index (κ3) is 4.07. The molecule has 0 bridgehead atoms. The van der Waals surface area contributed by atoms with Gasteiger partial charge in [0.05, 0.1) is 11.5 Å². The number of carbonyl (C=O) groups is 1. The molecule has 6 nitrogen and oxygen atoms in total. The first-order valence-corrected chi connectivity index (χ1v) is 7.50. The van der Waals surface area contributed by atoms with Gasteiger partial charge in [0.25, 0.3) is 5.69 Å². The number of piperidine rings is 1. The number of benzene rings is 1. The Kier molecular flexibility index (Phi) is 5.52. The summed E-state index contributed by atoms with van der Waals surface area (Å²) in [6, 6.07) is 4.76. The summed E-state index contributed by atoms with van der Waals surface area (Å²) in [5.74, 6) is -0.446. The summed E-state index contributed by atoms with van der Waals surface area (Å²) in [4.78, 5) is 24.2. The molecule has 1 saturated heterocycles. The Labute approximate surface area is 129 Å². The Balaban J connectivity index is 2.31. The highest BCUT2D eigenvalue weighted by Crippen LogP contribution is 2.29.